The Hall–Kier alpha value is -2.30. The van der Waals surface area contributed by atoms with Crippen LogP contribution in [0.2, 0.25) is 0 Å². The molecule has 0 aliphatic heterocycles. The normalized spacial score (nSPS) is 12.0. The Balaban J connectivity index is 2.54. The Bertz CT molecular complexity index is 984. The number of nitrogens with zero attached hydrogens (tertiary/aromatic N) is 2. The van der Waals surface area contributed by atoms with E-state index in [0.29, 0.717) is 5.69 Å². The first kappa shape index (κ1) is 19.0. The Morgan fingerprint density at radius 2 is 1.48 bits per heavy atom. The first-order valence-electron chi connectivity index (χ1n) is 7.08. The molecule has 2 aromatic carbocycles. The third-order valence-electron chi connectivity index (χ3n) is 3.60. The fourth-order valence-electron chi connectivity index (χ4n) is 2.21. The van der Waals surface area contributed by atoms with Crippen LogP contribution in [0.1, 0.15) is 0 Å². The molecule has 0 saturated heterocycles. The highest BCUT2D eigenvalue weighted by Crippen LogP contribution is 2.31. The van der Waals surface area contributed by atoms with E-state index in [9.17, 15) is 21.4 Å². The molecular formula is C15H19N3O5S2. The highest BCUT2D eigenvalue weighted by molar-refractivity contribution is 7.92. The van der Waals surface area contributed by atoms with Crippen LogP contribution in [0, 0.1) is 0 Å². The number of rotatable bonds is 5. The van der Waals surface area contributed by atoms with E-state index in [4.69, 9.17) is 5.73 Å². The van der Waals surface area contributed by atoms with Gasteiger partial charge in [0.15, 0.2) is 0 Å². The van der Waals surface area contributed by atoms with Gasteiger partial charge in [-0.3, -0.25) is 8.86 Å². The number of nitrogen functional groups attached to an aromatic ring is 1. The molecule has 0 aliphatic carbocycles. The zero-order chi connectivity index (χ0) is 19.0. The Labute approximate surface area is 147 Å². The lowest BCUT2D eigenvalue weighted by molar-refractivity contribution is 0.483. The van der Waals surface area contributed by atoms with E-state index in [1.165, 1.54) is 48.3 Å². The monoisotopic (exact) mass is 385 g/mol. The average Bonchev–Trinajstić information content (AvgIpc) is 2.53. The summed E-state index contributed by atoms with van der Waals surface area (Å²) in [5.41, 5.74) is 6.42. The van der Waals surface area contributed by atoms with Gasteiger partial charge in [0.25, 0.3) is 20.1 Å². The van der Waals surface area contributed by atoms with Crippen LogP contribution < -0.4 is 14.9 Å². The Morgan fingerprint density at radius 3 is 1.96 bits per heavy atom. The summed E-state index contributed by atoms with van der Waals surface area (Å²) in [6, 6.07) is 9.58. The standard InChI is InChI=1S/C15H19N3O5S2/c1-17(2)14-10-12(6-9-15(14)25(21,22)23)18(3)24(19,20)13-7-4-11(16)5-8-13/h4-10H,16H2,1-3H3,(H,21,22,23). The van der Waals surface area contributed by atoms with Crippen molar-refractivity contribution in [3.63, 3.8) is 0 Å². The summed E-state index contributed by atoms with van der Waals surface area (Å²) in [6.07, 6.45) is 0. The van der Waals surface area contributed by atoms with Crippen molar-refractivity contribution in [2.45, 2.75) is 9.79 Å². The number of nitrogens with two attached hydrogens (primary N) is 1. The lowest BCUT2D eigenvalue weighted by atomic mass is 10.2. The van der Waals surface area contributed by atoms with Crippen molar-refractivity contribution in [3.05, 3.63) is 42.5 Å². The van der Waals surface area contributed by atoms with Crippen molar-refractivity contribution in [1.29, 1.82) is 0 Å². The summed E-state index contributed by atoms with van der Waals surface area (Å²) in [4.78, 5) is 1.21. The molecule has 25 heavy (non-hydrogen) atoms. The molecule has 3 N–H and O–H groups in total. The zero-order valence-corrected chi connectivity index (χ0v) is 15.5. The zero-order valence-electron chi connectivity index (χ0n) is 13.9. The lowest BCUT2D eigenvalue weighted by Crippen LogP contribution is -2.27. The number of hydrogen-bond donors (Lipinski definition) is 2. The first-order chi connectivity index (χ1) is 11.4. The summed E-state index contributed by atoms with van der Waals surface area (Å²) < 4.78 is 58.7. The van der Waals surface area contributed by atoms with Crippen molar-refractivity contribution < 1.29 is 21.4 Å². The minimum Gasteiger partial charge on any atom is -0.399 e. The second-order valence-electron chi connectivity index (χ2n) is 5.56. The summed E-state index contributed by atoms with van der Waals surface area (Å²) in [5.74, 6) is 0. The van der Waals surface area contributed by atoms with Gasteiger partial charge >= 0.3 is 0 Å². The molecule has 8 nitrogen and oxygen atoms in total. The van der Waals surface area contributed by atoms with Crippen molar-refractivity contribution in [2.75, 3.05) is 36.1 Å². The van der Waals surface area contributed by atoms with Gasteiger partial charge in [-0.15, -0.1) is 0 Å². The fraction of sp³-hybridized carbons (Fsp3) is 0.200. The molecule has 0 atom stereocenters. The van der Waals surface area contributed by atoms with E-state index < -0.39 is 20.1 Å². The van der Waals surface area contributed by atoms with Crippen LogP contribution in [0.25, 0.3) is 0 Å². The van der Waals surface area contributed by atoms with E-state index in [0.717, 1.165) is 10.4 Å². The molecular weight excluding hydrogens is 366 g/mol. The quantitative estimate of drug-likeness (QED) is 0.589. The van der Waals surface area contributed by atoms with Crippen LogP contribution in [-0.4, -0.2) is 42.5 Å². The van der Waals surface area contributed by atoms with E-state index in [2.05, 4.69) is 0 Å². The van der Waals surface area contributed by atoms with Gasteiger partial charge in [-0.1, -0.05) is 0 Å². The van der Waals surface area contributed by atoms with Gasteiger partial charge in [-0.05, 0) is 42.5 Å². The fourth-order valence-corrected chi connectivity index (χ4v) is 4.14. The number of anilines is 3. The summed E-state index contributed by atoms with van der Waals surface area (Å²) in [6.45, 7) is 0. The molecule has 2 rings (SSSR count). The molecule has 2 aromatic rings. The molecule has 0 aliphatic rings. The van der Waals surface area contributed by atoms with Gasteiger partial charge in [0.1, 0.15) is 4.90 Å². The summed E-state index contributed by atoms with van der Waals surface area (Å²) in [5, 5.41) is 0. The summed E-state index contributed by atoms with van der Waals surface area (Å²) >= 11 is 0. The molecule has 136 valence electrons. The van der Waals surface area contributed by atoms with Crippen LogP contribution >= 0.6 is 0 Å². The largest absolute Gasteiger partial charge is 0.399 e. The lowest BCUT2D eigenvalue weighted by Gasteiger charge is -2.23. The van der Waals surface area contributed by atoms with E-state index >= 15 is 0 Å². The predicted octanol–water partition coefficient (Wildman–Crippen LogP) is 1.41. The third kappa shape index (κ3) is 3.86. The molecule has 0 radical (unpaired) electrons. The average molecular weight is 385 g/mol. The highest BCUT2D eigenvalue weighted by Gasteiger charge is 2.24. The number of hydrogen-bond acceptors (Lipinski definition) is 6. The van der Waals surface area contributed by atoms with Gasteiger partial charge in [-0.2, -0.15) is 8.42 Å². The maximum atomic E-state index is 12.7. The van der Waals surface area contributed by atoms with E-state index in [1.54, 1.807) is 14.1 Å². The number of benzene rings is 2. The van der Waals surface area contributed by atoms with Crippen LogP contribution in [-0.2, 0) is 20.1 Å². The molecule has 0 spiro atoms. The third-order valence-corrected chi connectivity index (χ3v) is 6.31. The van der Waals surface area contributed by atoms with Crippen LogP contribution in [0.3, 0.4) is 0 Å². The molecule has 0 unspecified atom stereocenters. The first-order valence-corrected chi connectivity index (χ1v) is 9.96. The van der Waals surface area contributed by atoms with Gasteiger partial charge < -0.3 is 10.6 Å². The molecule has 0 bridgehead atoms. The smallest absolute Gasteiger partial charge is 0.296 e. The molecule has 0 heterocycles. The van der Waals surface area contributed by atoms with Crippen LogP contribution in [0.15, 0.2) is 52.3 Å². The van der Waals surface area contributed by atoms with Gasteiger partial charge in [-0.25, -0.2) is 8.42 Å². The molecule has 0 aromatic heterocycles. The molecule has 0 fully saturated rings. The SMILES string of the molecule is CN(C)c1cc(N(C)S(=O)(=O)c2ccc(N)cc2)ccc1S(=O)(=O)O. The summed E-state index contributed by atoms with van der Waals surface area (Å²) in [7, 11) is -3.76. The second-order valence-corrected chi connectivity index (χ2v) is 8.92. The Kier molecular flexibility index (Phi) is 4.98. The van der Waals surface area contributed by atoms with Crippen LogP contribution in [0.5, 0.6) is 0 Å². The maximum absolute atomic E-state index is 12.7. The number of sulfonamides is 1. The second kappa shape index (κ2) is 6.54. The van der Waals surface area contributed by atoms with Crippen molar-refractivity contribution >= 4 is 37.2 Å². The highest BCUT2D eigenvalue weighted by atomic mass is 32.2. The minimum atomic E-state index is -4.44. The van der Waals surface area contributed by atoms with E-state index in [1.807, 2.05) is 0 Å². The van der Waals surface area contributed by atoms with Gasteiger partial charge in [0, 0.05) is 26.8 Å². The minimum absolute atomic E-state index is 0.0504. The van der Waals surface area contributed by atoms with Crippen molar-refractivity contribution in [2.24, 2.45) is 0 Å². The molecule has 0 amide bonds. The Morgan fingerprint density at radius 1 is 0.920 bits per heavy atom. The topological polar surface area (TPSA) is 121 Å². The predicted molar refractivity (Wildman–Crippen MR) is 97.0 cm³/mol. The maximum Gasteiger partial charge on any atom is 0.296 e. The van der Waals surface area contributed by atoms with Gasteiger partial charge in [0.05, 0.1) is 16.3 Å². The molecule has 10 heteroatoms. The van der Waals surface area contributed by atoms with Crippen molar-refractivity contribution in [1.82, 2.24) is 0 Å². The van der Waals surface area contributed by atoms with Crippen molar-refractivity contribution in [3.8, 4) is 0 Å². The van der Waals surface area contributed by atoms with Crippen LogP contribution in [0.4, 0.5) is 17.1 Å². The van der Waals surface area contributed by atoms with E-state index in [-0.39, 0.29) is 21.2 Å². The molecule has 0 saturated carbocycles. The van der Waals surface area contributed by atoms with Gasteiger partial charge in [0.2, 0.25) is 0 Å².